The van der Waals surface area contributed by atoms with Crippen LogP contribution in [-0.2, 0) is 11.2 Å². The highest BCUT2D eigenvalue weighted by Crippen LogP contribution is 2.27. The molecule has 0 radical (unpaired) electrons. The third-order valence-corrected chi connectivity index (χ3v) is 5.75. The summed E-state index contributed by atoms with van der Waals surface area (Å²) in [5, 5.41) is 6.64. The van der Waals surface area contributed by atoms with Crippen molar-refractivity contribution in [2.24, 2.45) is 17.8 Å². The summed E-state index contributed by atoms with van der Waals surface area (Å²) in [7, 11) is 0. The van der Waals surface area contributed by atoms with Gasteiger partial charge in [0.2, 0.25) is 5.91 Å². The Hall–Kier alpha value is -2.13. The van der Waals surface area contributed by atoms with Gasteiger partial charge in [0.25, 0.3) is 0 Å². The maximum atomic E-state index is 13.1. The van der Waals surface area contributed by atoms with E-state index in [4.69, 9.17) is 0 Å². The molecular weight excluding hydrogens is 332 g/mol. The molecule has 1 aliphatic heterocycles. The summed E-state index contributed by atoms with van der Waals surface area (Å²) >= 11 is 0. The van der Waals surface area contributed by atoms with E-state index in [-0.39, 0.29) is 11.8 Å². The van der Waals surface area contributed by atoms with Crippen LogP contribution >= 0.6 is 0 Å². The Bertz CT molecular complexity index is 680. The van der Waals surface area contributed by atoms with Crippen LogP contribution in [0.2, 0.25) is 0 Å². The molecule has 3 atom stereocenters. The number of amides is 1. The van der Waals surface area contributed by atoms with Crippen molar-refractivity contribution in [3.63, 3.8) is 0 Å². The molecule has 2 aromatic rings. The van der Waals surface area contributed by atoms with E-state index in [2.05, 4.69) is 41.8 Å². The first kappa shape index (κ1) is 19.6. The van der Waals surface area contributed by atoms with Crippen LogP contribution in [0, 0.1) is 17.8 Å². The topological polar surface area (TPSA) is 41.1 Å². The van der Waals surface area contributed by atoms with Crippen LogP contribution in [0.25, 0.3) is 0 Å². The first-order chi connectivity index (χ1) is 13.2. The quantitative estimate of drug-likeness (QED) is 0.699. The molecule has 3 unspecified atom stereocenters. The lowest BCUT2D eigenvalue weighted by molar-refractivity contribution is -0.121. The number of carbonyl (C=O) groups is 1. The van der Waals surface area contributed by atoms with Crippen LogP contribution in [-0.4, -0.2) is 19.0 Å². The van der Waals surface area contributed by atoms with Crippen LogP contribution in [0.1, 0.15) is 38.2 Å². The van der Waals surface area contributed by atoms with E-state index in [0.29, 0.717) is 11.8 Å². The number of benzene rings is 2. The lowest BCUT2D eigenvalue weighted by atomic mass is 9.81. The smallest absolute Gasteiger partial charge is 0.227 e. The second kappa shape index (κ2) is 10.3. The Morgan fingerprint density at radius 2 is 1.81 bits per heavy atom. The summed E-state index contributed by atoms with van der Waals surface area (Å²) in [6, 6.07) is 20.3. The van der Waals surface area contributed by atoms with Crippen molar-refractivity contribution in [1.29, 1.82) is 0 Å². The number of nitrogens with one attached hydrogen (secondary N) is 2. The van der Waals surface area contributed by atoms with Gasteiger partial charge in [-0.25, -0.2) is 0 Å². The first-order valence-electron chi connectivity index (χ1n) is 10.3. The Kier molecular flexibility index (Phi) is 7.46. The monoisotopic (exact) mass is 364 g/mol. The number of piperidine rings is 1. The highest BCUT2D eigenvalue weighted by Gasteiger charge is 2.27. The van der Waals surface area contributed by atoms with Gasteiger partial charge in [-0.1, -0.05) is 55.5 Å². The van der Waals surface area contributed by atoms with Gasteiger partial charge in [0.1, 0.15) is 0 Å². The SMILES string of the molecule is CC(Cc1ccccc1)C(CCC1CCCNC1)C(=O)Nc1ccccc1. The predicted molar refractivity (Wildman–Crippen MR) is 113 cm³/mol. The van der Waals surface area contributed by atoms with Gasteiger partial charge in [-0.15, -0.1) is 0 Å². The van der Waals surface area contributed by atoms with Gasteiger partial charge in [0.15, 0.2) is 0 Å². The Morgan fingerprint density at radius 3 is 2.48 bits per heavy atom. The second-order valence-electron chi connectivity index (χ2n) is 7.92. The van der Waals surface area contributed by atoms with Gasteiger partial charge < -0.3 is 10.6 Å². The minimum absolute atomic E-state index is 0.0346. The lowest BCUT2D eigenvalue weighted by Gasteiger charge is -2.27. The number of rotatable bonds is 8. The van der Waals surface area contributed by atoms with Crippen LogP contribution in [0.4, 0.5) is 5.69 Å². The summed E-state index contributed by atoms with van der Waals surface area (Å²) in [5.74, 6) is 1.21. The molecular formula is C24H32N2O. The van der Waals surface area contributed by atoms with Crippen molar-refractivity contribution in [3.05, 3.63) is 66.2 Å². The van der Waals surface area contributed by atoms with E-state index >= 15 is 0 Å². The van der Waals surface area contributed by atoms with Crippen molar-refractivity contribution in [3.8, 4) is 0 Å². The molecule has 0 bridgehead atoms. The van der Waals surface area contributed by atoms with Gasteiger partial charge in [-0.2, -0.15) is 0 Å². The largest absolute Gasteiger partial charge is 0.326 e. The molecule has 27 heavy (non-hydrogen) atoms. The lowest BCUT2D eigenvalue weighted by Crippen LogP contribution is -2.33. The summed E-state index contributed by atoms with van der Waals surface area (Å²) in [6.07, 6.45) is 5.56. The van der Waals surface area contributed by atoms with Crippen molar-refractivity contribution < 1.29 is 4.79 Å². The van der Waals surface area contributed by atoms with E-state index in [0.717, 1.165) is 38.0 Å². The summed E-state index contributed by atoms with van der Waals surface area (Å²) in [5.41, 5.74) is 2.19. The third kappa shape index (κ3) is 6.21. The van der Waals surface area contributed by atoms with E-state index in [9.17, 15) is 4.79 Å². The first-order valence-corrected chi connectivity index (χ1v) is 10.3. The summed E-state index contributed by atoms with van der Waals surface area (Å²) in [6.45, 7) is 4.46. The zero-order valence-electron chi connectivity index (χ0n) is 16.4. The van der Waals surface area contributed by atoms with E-state index in [1.807, 2.05) is 36.4 Å². The number of hydrogen-bond acceptors (Lipinski definition) is 2. The van der Waals surface area contributed by atoms with Gasteiger partial charge in [0.05, 0.1) is 0 Å². The zero-order valence-corrected chi connectivity index (χ0v) is 16.4. The molecule has 0 aliphatic carbocycles. The highest BCUT2D eigenvalue weighted by molar-refractivity contribution is 5.92. The fourth-order valence-corrected chi connectivity index (χ4v) is 4.14. The summed E-state index contributed by atoms with van der Waals surface area (Å²) in [4.78, 5) is 13.1. The molecule has 1 amide bonds. The van der Waals surface area contributed by atoms with Crippen LogP contribution in [0.3, 0.4) is 0 Å². The number of carbonyl (C=O) groups excluding carboxylic acids is 1. The number of para-hydroxylation sites is 1. The predicted octanol–water partition coefficient (Wildman–Crippen LogP) is 4.90. The molecule has 1 heterocycles. The maximum absolute atomic E-state index is 13.1. The summed E-state index contributed by atoms with van der Waals surface area (Å²) < 4.78 is 0. The molecule has 1 fully saturated rings. The molecule has 2 aromatic carbocycles. The number of hydrogen-bond donors (Lipinski definition) is 2. The molecule has 0 spiro atoms. The molecule has 3 rings (SSSR count). The van der Waals surface area contributed by atoms with Crippen LogP contribution in [0.15, 0.2) is 60.7 Å². The molecule has 3 heteroatoms. The number of anilines is 1. The maximum Gasteiger partial charge on any atom is 0.227 e. The Balaban J connectivity index is 1.65. The minimum Gasteiger partial charge on any atom is -0.326 e. The van der Waals surface area contributed by atoms with Gasteiger partial charge in [-0.05, 0) is 74.7 Å². The van der Waals surface area contributed by atoms with Crippen molar-refractivity contribution in [2.45, 2.75) is 39.0 Å². The normalized spacial score (nSPS) is 19.2. The molecule has 3 nitrogen and oxygen atoms in total. The average Bonchev–Trinajstić information content (AvgIpc) is 2.70. The molecule has 144 valence electrons. The zero-order chi connectivity index (χ0) is 18.9. The van der Waals surface area contributed by atoms with Crippen LogP contribution < -0.4 is 10.6 Å². The Labute approximate surface area is 163 Å². The van der Waals surface area contributed by atoms with Crippen molar-refractivity contribution in [2.75, 3.05) is 18.4 Å². The standard InChI is InChI=1S/C24H32N2O/c1-19(17-20-9-4-2-5-10-20)23(15-14-21-11-8-16-25-18-21)24(27)26-22-12-6-3-7-13-22/h2-7,9-10,12-13,19,21,23,25H,8,11,14-18H2,1H3,(H,26,27). The second-order valence-corrected chi connectivity index (χ2v) is 7.92. The van der Waals surface area contributed by atoms with E-state index in [1.165, 1.54) is 18.4 Å². The average molecular weight is 365 g/mol. The minimum atomic E-state index is 0.0346. The molecule has 0 saturated carbocycles. The van der Waals surface area contributed by atoms with Gasteiger partial charge in [0, 0.05) is 11.6 Å². The van der Waals surface area contributed by atoms with Crippen molar-refractivity contribution in [1.82, 2.24) is 5.32 Å². The fraction of sp³-hybridized carbons (Fsp3) is 0.458. The molecule has 1 aliphatic rings. The molecule has 0 aromatic heterocycles. The Morgan fingerprint density at radius 1 is 1.11 bits per heavy atom. The van der Waals surface area contributed by atoms with Crippen molar-refractivity contribution >= 4 is 11.6 Å². The van der Waals surface area contributed by atoms with E-state index in [1.54, 1.807) is 0 Å². The highest BCUT2D eigenvalue weighted by atomic mass is 16.1. The fourth-order valence-electron chi connectivity index (χ4n) is 4.14. The van der Waals surface area contributed by atoms with Crippen LogP contribution in [0.5, 0.6) is 0 Å². The van der Waals surface area contributed by atoms with Gasteiger partial charge >= 0.3 is 0 Å². The van der Waals surface area contributed by atoms with Gasteiger partial charge in [-0.3, -0.25) is 4.79 Å². The third-order valence-electron chi connectivity index (χ3n) is 5.75. The van der Waals surface area contributed by atoms with E-state index < -0.39 is 0 Å². The molecule has 1 saturated heterocycles. The molecule has 2 N–H and O–H groups in total.